The Morgan fingerprint density at radius 1 is 1.27 bits per heavy atom. The van der Waals surface area contributed by atoms with Crippen molar-refractivity contribution in [3.8, 4) is 0 Å². The molecule has 0 heterocycles. The first-order valence-corrected chi connectivity index (χ1v) is 9.83. The fourth-order valence-electron chi connectivity index (χ4n) is 2.71. The van der Waals surface area contributed by atoms with E-state index < -0.39 is 6.04 Å². The van der Waals surface area contributed by atoms with E-state index in [1.165, 1.54) is 24.3 Å². The second kappa shape index (κ2) is 10.9. The number of nitrogens with one attached hydrogen (secondary N) is 1. The van der Waals surface area contributed by atoms with E-state index in [0.717, 1.165) is 19.3 Å². The van der Waals surface area contributed by atoms with Crippen LogP contribution in [0, 0.1) is 5.92 Å². The van der Waals surface area contributed by atoms with Gasteiger partial charge in [0.2, 0.25) is 5.91 Å². The zero-order chi connectivity index (χ0) is 16.4. The van der Waals surface area contributed by atoms with E-state index >= 15 is 0 Å². The Kier molecular flexibility index (Phi) is 9.60. The molecule has 22 heavy (non-hydrogen) atoms. The van der Waals surface area contributed by atoms with Gasteiger partial charge in [0.1, 0.15) is 12.1 Å². The van der Waals surface area contributed by atoms with Gasteiger partial charge in [-0.2, -0.15) is 11.8 Å². The average Bonchev–Trinajstić information content (AvgIpc) is 2.47. The quantitative estimate of drug-likeness (QED) is 0.465. The molecule has 1 fully saturated rings. The summed E-state index contributed by atoms with van der Waals surface area (Å²) in [5, 5.41) is 2.76. The minimum Gasteiger partial charge on any atom is -0.461 e. The van der Waals surface area contributed by atoms with E-state index in [1.807, 2.05) is 18.7 Å². The van der Waals surface area contributed by atoms with Crippen molar-refractivity contribution in [1.29, 1.82) is 0 Å². The van der Waals surface area contributed by atoms with Crippen LogP contribution in [-0.4, -0.2) is 35.5 Å². The first kappa shape index (κ1) is 19.3. The number of carbonyl (C=O) groups is 2. The minimum absolute atomic E-state index is 0.0641. The van der Waals surface area contributed by atoms with Gasteiger partial charge in [0.05, 0.1) is 0 Å². The van der Waals surface area contributed by atoms with Gasteiger partial charge in [0.25, 0.3) is 0 Å². The summed E-state index contributed by atoms with van der Waals surface area (Å²) in [6.45, 7) is 5.98. The molecule has 0 aromatic heterocycles. The minimum atomic E-state index is -0.475. The standard InChI is InChI=1S/C17H31NO3S/c1-4-8-15(18-16(19)5-2)17(20)21-14-11-13(12-14)9-7-10-22-6-3/h13-15H,4-12H2,1-3H3,(H,18,19). The monoisotopic (exact) mass is 329 g/mol. The van der Waals surface area contributed by atoms with Crippen LogP contribution < -0.4 is 5.32 Å². The van der Waals surface area contributed by atoms with Crippen LogP contribution in [-0.2, 0) is 14.3 Å². The molecule has 128 valence electrons. The summed E-state index contributed by atoms with van der Waals surface area (Å²) < 4.78 is 5.55. The van der Waals surface area contributed by atoms with Crippen LogP contribution in [0.1, 0.15) is 65.7 Å². The van der Waals surface area contributed by atoms with Gasteiger partial charge in [-0.1, -0.05) is 27.2 Å². The maximum atomic E-state index is 12.2. The second-order valence-corrected chi connectivity index (χ2v) is 7.39. The summed E-state index contributed by atoms with van der Waals surface area (Å²) in [4.78, 5) is 23.6. The zero-order valence-electron chi connectivity index (χ0n) is 14.2. The highest BCUT2D eigenvalue weighted by atomic mass is 32.2. The Labute approximate surface area is 139 Å². The number of amides is 1. The Bertz CT molecular complexity index is 343. The molecule has 1 aliphatic rings. The summed E-state index contributed by atoms with van der Waals surface area (Å²) in [5.74, 6) is 2.79. The molecular formula is C17H31NO3S. The number of ether oxygens (including phenoxy) is 1. The smallest absolute Gasteiger partial charge is 0.328 e. The predicted molar refractivity (Wildman–Crippen MR) is 92.0 cm³/mol. The number of rotatable bonds is 11. The molecule has 0 aromatic rings. The molecular weight excluding hydrogens is 298 g/mol. The molecule has 4 nitrogen and oxygen atoms in total. The predicted octanol–water partition coefficient (Wildman–Crippen LogP) is 3.54. The van der Waals surface area contributed by atoms with E-state index in [-0.39, 0.29) is 18.0 Å². The molecule has 1 atom stereocenters. The fourth-order valence-corrected chi connectivity index (χ4v) is 3.36. The number of esters is 1. The van der Waals surface area contributed by atoms with Gasteiger partial charge in [-0.05, 0) is 49.5 Å². The SMILES string of the molecule is CCCC(NC(=O)CC)C(=O)OC1CC(CCCSCC)C1. The lowest BCUT2D eigenvalue weighted by Crippen LogP contribution is -2.44. The fraction of sp³-hybridized carbons (Fsp3) is 0.882. The Morgan fingerprint density at radius 3 is 2.59 bits per heavy atom. The van der Waals surface area contributed by atoms with E-state index in [4.69, 9.17) is 4.74 Å². The summed E-state index contributed by atoms with van der Waals surface area (Å²) in [6.07, 6.45) is 6.44. The van der Waals surface area contributed by atoms with Gasteiger partial charge in [-0.25, -0.2) is 4.79 Å². The normalized spacial score (nSPS) is 21.8. The van der Waals surface area contributed by atoms with Crippen LogP contribution in [0.2, 0.25) is 0 Å². The lowest BCUT2D eigenvalue weighted by molar-refractivity contribution is -0.159. The topological polar surface area (TPSA) is 55.4 Å². The van der Waals surface area contributed by atoms with Crippen molar-refractivity contribution < 1.29 is 14.3 Å². The highest BCUT2D eigenvalue weighted by Crippen LogP contribution is 2.34. The highest BCUT2D eigenvalue weighted by Gasteiger charge is 2.33. The molecule has 0 bridgehead atoms. The van der Waals surface area contributed by atoms with Crippen molar-refractivity contribution in [3.05, 3.63) is 0 Å². The number of carbonyl (C=O) groups excluding carboxylic acids is 2. The molecule has 1 amide bonds. The van der Waals surface area contributed by atoms with Crippen molar-refractivity contribution in [3.63, 3.8) is 0 Å². The van der Waals surface area contributed by atoms with Crippen molar-refractivity contribution in [1.82, 2.24) is 5.32 Å². The van der Waals surface area contributed by atoms with Gasteiger partial charge >= 0.3 is 5.97 Å². The van der Waals surface area contributed by atoms with Crippen LogP contribution in [0.25, 0.3) is 0 Å². The van der Waals surface area contributed by atoms with Crippen molar-refractivity contribution in [2.45, 2.75) is 77.9 Å². The molecule has 1 rings (SSSR count). The maximum Gasteiger partial charge on any atom is 0.328 e. The summed E-state index contributed by atoms with van der Waals surface area (Å²) in [7, 11) is 0. The van der Waals surface area contributed by atoms with E-state index in [2.05, 4.69) is 12.2 Å². The van der Waals surface area contributed by atoms with Gasteiger partial charge in [-0.3, -0.25) is 4.79 Å². The van der Waals surface area contributed by atoms with Gasteiger partial charge < -0.3 is 10.1 Å². The third-order valence-electron chi connectivity index (χ3n) is 4.10. The highest BCUT2D eigenvalue weighted by molar-refractivity contribution is 7.99. The molecule has 0 spiro atoms. The summed E-state index contributed by atoms with van der Waals surface area (Å²) in [6, 6.07) is -0.475. The van der Waals surface area contributed by atoms with Crippen molar-refractivity contribution in [2.24, 2.45) is 5.92 Å². The lowest BCUT2D eigenvalue weighted by Gasteiger charge is -2.35. The van der Waals surface area contributed by atoms with E-state index in [0.29, 0.717) is 18.8 Å². The molecule has 5 heteroatoms. The zero-order valence-corrected chi connectivity index (χ0v) is 15.0. The molecule has 1 saturated carbocycles. The van der Waals surface area contributed by atoms with Crippen LogP contribution in [0.15, 0.2) is 0 Å². The van der Waals surface area contributed by atoms with Crippen LogP contribution in [0.3, 0.4) is 0 Å². The number of hydrogen-bond acceptors (Lipinski definition) is 4. The first-order valence-electron chi connectivity index (χ1n) is 8.68. The van der Waals surface area contributed by atoms with Gasteiger partial charge in [-0.15, -0.1) is 0 Å². The Balaban J connectivity index is 2.22. The van der Waals surface area contributed by atoms with E-state index in [9.17, 15) is 9.59 Å². The molecule has 1 N–H and O–H groups in total. The Hall–Kier alpha value is -0.710. The average molecular weight is 330 g/mol. The largest absolute Gasteiger partial charge is 0.461 e. The molecule has 0 saturated heterocycles. The molecule has 0 aromatic carbocycles. The van der Waals surface area contributed by atoms with Crippen LogP contribution in [0.5, 0.6) is 0 Å². The number of hydrogen-bond donors (Lipinski definition) is 1. The van der Waals surface area contributed by atoms with E-state index in [1.54, 1.807) is 6.92 Å². The molecule has 0 aliphatic heterocycles. The van der Waals surface area contributed by atoms with Gasteiger partial charge in [0.15, 0.2) is 0 Å². The summed E-state index contributed by atoms with van der Waals surface area (Å²) >= 11 is 1.99. The Morgan fingerprint density at radius 2 is 2.00 bits per heavy atom. The van der Waals surface area contributed by atoms with Crippen molar-refractivity contribution in [2.75, 3.05) is 11.5 Å². The maximum absolute atomic E-state index is 12.2. The third kappa shape index (κ3) is 7.03. The van der Waals surface area contributed by atoms with Crippen LogP contribution >= 0.6 is 11.8 Å². The summed E-state index contributed by atoms with van der Waals surface area (Å²) in [5.41, 5.74) is 0. The van der Waals surface area contributed by atoms with Crippen LogP contribution in [0.4, 0.5) is 0 Å². The lowest BCUT2D eigenvalue weighted by atomic mass is 9.79. The second-order valence-electron chi connectivity index (χ2n) is 6.00. The number of thioether (sulfide) groups is 1. The van der Waals surface area contributed by atoms with Gasteiger partial charge in [0, 0.05) is 6.42 Å². The first-order chi connectivity index (χ1) is 10.6. The third-order valence-corrected chi connectivity index (χ3v) is 5.08. The molecule has 1 aliphatic carbocycles. The molecule has 1 unspecified atom stereocenters. The molecule has 0 radical (unpaired) electrons. The van der Waals surface area contributed by atoms with Crippen molar-refractivity contribution >= 4 is 23.6 Å².